The molecule has 0 unspecified atom stereocenters. The number of thiocarbonyl (C=S) groups is 1. The number of methoxy groups -OCH3 is 1. The van der Waals surface area contributed by atoms with Gasteiger partial charge in [-0.05, 0) is 12.8 Å². The number of hydrogen-bond donors (Lipinski definition) is 1. The molecule has 110 valence electrons. The van der Waals surface area contributed by atoms with E-state index in [1.165, 1.54) is 12.8 Å². The van der Waals surface area contributed by atoms with Crippen molar-refractivity contribution in [2.45, 2.75) is 32.1 Å². The van der Waals surface area contributed by atoms with Gasteiger partial charge in [0.15, 0.2) is 0 Å². The number of carbonyl (C=O) groups is 1. The summed E-state index contributed by atoms with van der Waals surface area (Å²) >= 11 is 4.89. The standard InChI is InChI=1S/C13H25N3O2S/c1-18-11-10-16(9-6-12(14)19)13(17)15-7-4-2-3-5-8-15/h2-11H2,1H3,(H2,14,19). The van der Waals surface area contributed by atoms with Crippen molar-refractivity contribution in [3.8, 4) is 0 Å². The molecular formula is C13H25N3O2S. The highest BCUT2D eigenvalue weighted by molar-refractivity contribution is 7.80. The Balaban J connectivity index is 2.54. The van der Waals surface area contributed by atoms with E-state index >= 15 is 0 Å². The molecule has 1 heterocycles. The van der Waals surface area contributed by atoms with Crippen LogP contribution in [0.5, 0.6) is 0 Å². The van der Waals surface area contributed by atoms with E-state index in [0.29, 0.717) is 31.1 Å². The summed E-state index contributed by atoms with van der Waals surface area (Å²) < 4.78 is 5.06. The first-order valence-electron chi connectivity index (χ1n) is 6.96. The van der Waals surface area contributed by atoms with Crippen molar-refractivity contribution >= 4 is 23.2 Å². The first kappa shape index (κ1) is 16.2. The van der Waals surface area contributed by atoms with Crippen molar-refractivity contribution in [2.24, 2.45) is 5.73 Å². The Labute approximate surface area is 121 Å². The van der Waals surface area contributed by atoms with Crippen LogP contribution >= 0.6 is 12.2 Å². The number of rotatable bonds is 6. The van der Waals surface area contributed by atoms with Crippen LogP contribution in [-0.2, 0) is 4.74 Å². The number of ether oxygens (including phenoxy) is 1. The molecule has 1 fully saturated rings. The molecule has 0 bridgehead atoms. The average Bonchev–Trinajstić information content (AvgIpc) is 2.66. The van der Waals surface area contributed by atoms with Gasteiger partial charge in [-0.3, -0.25) is 0 Å². The summed E-state index contributed by atoms with van der Waals surface area (Å²) in [6, 6.07) is 0.0928. The smallest absolute Gasteiger partial charge is 0.320 e. The van der Waals surface area contributed by atoms with E-state index in [4.69, 9.17) is 22.7 Å². The molecule has 0 spiro atoms. The third-order valence-corrected chi connectivity index (χ3v) is 3.54. The summed E-state index contributed by atoms with van der Waals surface area (Å²) in [6.45, 7) is 3.42. The molecule has 19 heavy (non-hydrogen) atoms. The van der Waals surface area contributed by atoms with E-state index in [2.05, 4.69) is 0 Å². The molecule has 0 aromatic heterocycles. The molecule has 0 atom stereocenters. The van der Waals surface area contributed by atoms with Crippen molar-refractivity contribution in [1.82, 2.24) is 9.80 Å². The molecule has 2 amide bonds. The molecular weight excluding hydrogens is 262 g/mol. The summed E-state index contributed by atoms with van der Waals surface area (Å²) in [7, 11) is 1.64. The fourth-order valence-corrected chi connectivity index (χ4v) is 2.30. The van der Waals surface area contributed by atoms with E-state index in [-0.39, 0.29) is 6.03 Å². The van der Waals surface area contributed by atoms with Crippen molar-refractivity contribution in [3.63, 3.8) is 0 Å². The van der Waals surface area contributed by atoms with Gasteiger partial charge in [0, 0.05) is 39.7 Å². The van der Waals surface area contributed by atoms with Gasteiger partial charge in [-0.15, -0.1) is 0 Å². The lowest BCUT2D eigenvalue weighted by Gasteiger charge is -2.29. The number of carbonyl (C=O) groups excluding carboxylic acids is 1. The van der Waals surface area contributed by atoms with Gasteiger partial charge < -0.3 is 20.3 Å². The molecule has 0 radical (unpaired) electrons. The molecule has 0 aromatic carbocycles. The van der Waals surface area contributed by atoms with Crippen LogP contribution in [-0.4, -0.2) is 60.7 Å². The van der Waals surface area contributed by atoms with E-state index in [1.807, 2.05) is 4.90 Å². The van der Waals surface area contributed by atoms with Crippen LogP contribution in [0, 0.1) is 0 Å². The number of urea groups is 1. The first-order chi connectivity index (χ1) is 9.15. The first-order valence-corrected chi connectivity index (χ1v) is 7.37. The third-order valence-electron chi connectivity index (χ3n) is 3.34. The van der Waals surface area contributed by atoms with Gasteiger partial charge in [0.25, 0.3) is 0 Å². The van der Waals surface area contributed by atoms with Gasteiger partial charge in [0.05, 0.1) is 11.6 Å². The number of amides is 2. The number of hydrogen-bond acceptors (Lipinski definition) is 3. The maximum Gasteiger partial charge on any atom is 0.320 e. The lowest BCUT2D eigenvalue weighted by atomic mass is 10.2. The SMILES string of the molecule is COCCN(CCC(N)=S)C(=O)N1CCCCCC1. The van der Waals surface area contributed by atoms with E-state index in [1.54, 1.807) is 12.0 Å². The summed E-state index contributed by atoms with van der Waals surface area (Å²) in [4.78, 5) is 16.7. The Morgan fingerprint density at radius 1 is 1.26 bits per heavy atom. The maximum absolute atomic E-state index is 12.5. The Morgan fingerprint density at radius 3 is 2.42 bits per heavy atom. The lowest BCUT2D eigenvalue weighted by Crippen LogP contribution is -2.45. The zero-order chi connectivity index (χ0) is 14.1. The van der Waals surface area contributed by atoms with Gasteiger partial charge >= 0.3 is 6.03 Å². The minimum absolute atomic E-state index is 0.0928. The van der Waals surface area contributed by atoms with Crippen molar-refractivity contribution < 1.29 is 9.53 Å². The predicted molar refractivity (Wildman–Crippen MR) is 80.3 cm³/mol. The zero-order valence-electron chi connectivity index (χ0n) is 11.8. The lowest BCUT2D eigenvalue weighted by molar-refractivity contribution is 0.127. The highest BCUT2D eigenvalue weighted by atomic mass is 32.1. The van der Waals surface area contributed by atoms with Crippen LogP contribution in [0.2, 0.25) is 0 Å². The third kappa shape index (κ3) is 6.20. The highest BCUT2D eigenvalue weighted by Gasteiger charge is 2.21. The van der Waals surface area contributed by atoms with Crippen molar-refractivity contribution in [3.05, 3.63) is 0 Å². The highest BCUT2D eigenvalue weighted by Crippen LogP contribution is 2.12. The predicted octanol–water partition coefficient (Wildman–Crippen LogP) is 1.61. The van der Waals surface area contributed by atoms with E-state index < -0.39 is 0 Å². The van der Waals surface area contributed by atoms with Crippen LogP contribution in [0.15, 0.2) is 0 Å². The summed E-state index contributed by atoms with van der Waals surface area (Å²) in [5.74, 6) is 0. The Morgan fingerprint density at radius 2 is 1.89 bits per heavy atom. The van der Waals surface area contributed by atoms with E-state index in [9.17, 15) is 4.79 Å². The minimum atomic E-state index is 0.0928. The van der Waals surface area contributed by atoms with Gasteiger partial charge in [0.2, 0.25) is 0 Å². The molecule has 5 nitrogen and oxygen atoms in total. The topological polar surface area (TPSA) is 58.8 Å². The molecule has 0 aliphatic carbocycles. The Kier molecular flexibility index (Phi) is 7.74. The number of nitrogens with two attached hydrogens (primary N) is 1. The van der Waals surface area contributed by atoms with Crippen LogP contribution in [0.25, 0.3) is 0 Å². The van der Waals surface area contributed by atoms with Crippen molar-refractivity contribution in [2.75, 3.05) is 39.9 Å². The Bertz CT molecular complexity index is 292. The monoisotopic (exact) mass is 287 g/mol. The number of nitrogens with zero attached hydrogens (tertiary/aromatic N) is 2. The second-order valence-electron chi connectivity index (χ2n) is 4.88. The summed E-state index contributed by atoms with van der Waals surface area (Å²) in [5, 5.41) is 0. The summed E-state index contributed by atoms with van der Waals surface area (Å²) in [5.41, 5.74) is 5.52. The van der Waals surface area contributed by atoms with E-state index in [0.717, 1.165) is 25.9 Å². The van der Waals surface area contributed by atoms with Crippen LogP contribution in [0.3, 0.4) is 0 Å². The van der Waals surface area contributed by atoms with Gasteiger partial charge in [0.1, 0.15) is 0 Å². The molecule has 1 aliphatic heterocycles. The van der Waals surface area contributed by atoms with Gasteiger partial charge in [-0.2, -0.15) is 0 Å². The molecule has 0 aromatic rings. The summed E-state index contributed by atoms with van der Waals surface area (Å²) in [6.07, 6.45) is 5.19. The average molecular weight is 287 g/mol. The molecule has 0 saturated carbocycles. The molecule has 2 N–H and O–H groups in total. The fraction of sp³-hybridized carbons (Fsp3) is 0.846. The Hall–Kier alpha value is -0.880. The molecule has 1 saturated heterocycles. The quantitative estimate of drug-likeness (QED) is 0.754. The van der Waals surface area contributed by atoms with Gasteiger partial charge in [-0.25, -0.2) is 4.79 Å². The largest absolute Gasteiger partial charge is 0.393 e. The van der Waals surface area contributed by atoms with Crippen LogP contribution in [0.1, 0.15) is 32.1 Å². The molecule has 1 rings (SSSR count). The fourth-order valence-electron chi connectivity index (χ4n) is 2.21. The zero-order valence-corrected chi connectivity index (χ0v) is 12.6. The normalized spacial score (nSPS) is 15.9. The maximum atomic E-state index is 12.5. The number of likely N-dealkylation sites (tertiary alicyclic amines) is 1. The molecule has 1 aliphatic rings. The van der Waals surface area contributed by atoms with Crippen molar-refractivity contribution in [1.29, 1.82) is 0 Å². The molecule has 6 heteroatoms. The second kappa shape index (κ2) is 9.09. The van der Waals surface area contributed by atoms with Crippen LogP contribution in [0.4, 0.5) is 4.79 Å². The van der Waals surface area contributed by atoms with Gasteiger partial charge in [-0.1, -0.05) is 25.1 Å². The van der Waals surface area contributed by atoms with Crippen LogP contribution < -0.4 is 5.73 Å². The minimum Gasteiger partial charge on any atom is -0.393 e. The second-order valence-corrected chi connectivity index (χ2v) is 5.40.